The fraction of sp³-hybridized carbons (Fsp3) is 0.863. The molecule has 11 nitrogen and oxygen atoms in total. The lowest BCUT2D eigenvalue weighted by atomic mass is 9.99. The summed E-state index contributed by atoms with van der Waals surface area (Å²) in [7, 11) is 0. The van der Waals surface area contributed by atoms with E-state index in [4.69, 9.17) is 14.2 Å². The van der Waals surface area contributed by atoms with E-state index in [0.717, 1.165) is 64.2 Å². The minimum absolute atomic E-state index is 0.00408. The predicted octanol–water partition coefficient (Wildman–Crippen LogP) is 18.4. The summed E-state index contributed by atoms with van der Waals surface area (Å²) >= 11 is 0. The van der Waals surface area contributed by atoms with Crippen LogP contribution in [0.15, 0.2) is 48.6 Å². The van der Waals surface area contributed by atoms with Gasteiger partial charge in [-0.25, -0.2) is 0 Å². The molecule has 1 rings (SSSR count). The molecular weight excluding hydrogens is 1050 g/mol. The van der Waals surface area contributed by atoms with Crippen molar-refractivity contribution >= 4 is 11.9 Å². The molecule has 6 N–H and O–H groups in total. The quantitative estimate of drug-likeness (QED) is 0.0195. The number of carbonyl (C=O) groups is 2. The third-order valence-corrected chi connectivity index (χ3v) is 16.9. The molecule has 0 aromatic carbocycles. The van der Waals surface area contributed by atoms with E-state index in [1.807, 2.05) is 6.08 Å². The highest BCUT2D eigenvalue weighted by molar-refractivity contribution is 5.76. The highest BCUT2D eigenvalue weighted by Crippen LogP contribution is 2.23. The van der Waals surface area contributed by atoms with Crippen LogP contribution in [0.5, 0.6) is 0 Å². The molecule has 0 aromatic rings. The summed E-state index contributed by atoms with van der Waals surface area (Å²) in [5.41, 5.74) is 0. The second kappa shape index (κ2) is 62.2. The van der Waals surface area contributed by atoms with Crippen LogP contribution in [0.3, 0.4) is 0 Å². The summed E-state index contributed by atoms with van der Waals surface area (Å²) in [5, 5.41) is 54.4. The number of carbonyl (C=O) groups excluding carboxylic acids is 2. The van der Waals surface area contributed by atoms with Crippen LogP contribution < -0.4 is 5.32 Å². The summed E-state index contributed by atoms with van der Waals surface area (Å²) in [4.78, 5) is 25.1. The number of nitrogens with one attached hydrogen (secondary N) is 1. The van der Waals surface area contributed by atoms with Gasteiger partial charge in [0.25, 0.3) is 0 Å². The standard InChI is InChI=1S/C73H135NO10/c1-3-5-7-9-11-13-15-37-41-45-49-53-57-61-69(78)82-62-58-54-50-46-42-39-36-34-32-30-28-26-24-22-20-18-16-17-19-21-23-25-27-29-31-33-35-38-40-44-48-52-56-60-68(77)74-65(64-83-73-72(81)71(80)70(79)67(63-75)84-73)66(76)59-55-51-47-43-14-12-10-8-6-4-2/h7,9,13,15,20,22,55,59,65-67,70-73,75-76,79-81H,3-6,8,10-12,14,16-19,21,23-54,56-58,60-64H2,1-2H3,(H,74,77)/b9-7-,15-13-,22-20-,59-55+. The number of amides is 1. The van der Waals surface area contributed by atoms with Gasteiger partial charge in [-0.05, 0) is 83.5 Å². The third-order valence-electron chi connectivity index (χ3n) is 16.9. The fourth-order valence-electron chi connectivity index (χ4n) is 11.2. The van der Waals surface area contributed by atoms with E-state index in [-0.39, 0.29) is 18.5 Å². The van der Waals surface area contributed by atoms with Crippen molar-refractivity contribution in [1.82, 2.24) is 5.32 Å². The normalized spacial score (nSPS) is 18.3. The molecule has 1 aliphatic rings. The zero-order chi connectivity index (χ0) is 60.9. The first-order valence-corrected chi connectivity index (χ1v) is 35.9. The van der Waals surface area contributed by atoms with Gasteiger partial charge in [-0.3, -0.25) is 9.59 Å². The maximum Gasteiger partial charge on any atom is 0.305 e. The van der Waals surface area contributed by atoms with E-state index in [1.54, 1.807) is 6.08 Å². The van der Waals surface area contributed by atoms with Crippen molar-refractivity contribution in [2.45, 2.75) is 384 Å². The van der Waals surface area contributed by atoms with Gasteiger partial charge in [0.1, 0.15) is 24.4 Å². The lowest BCUT2D eigenvalue weighted by Gasteiger charge is -2.40. The Labute approximate surface area is 516 Å². The van der Waals surface area contributed by atoms with Crippen molar-refractivity contribution in [3.05, 3.63) is 48.6 Å². The summed E-state index contributed by atoms with van der Waals surface area (Å²) in [5.74, 6) is -0.183. The fourth-order valence-corrected chi connectivity index (χ4v) is 11.2. The second-order valence-corrected chi connectivity index (χ2v) is 24.9. The van der Waals surface area contributed by atoms with Crippen LogP contribution in [0.1, 0.15) is 341 Å². The van der Waals surface area contributed by atoms with Gasteiger partial charge in [-0.15, -0.1) is 0 Å². The van der Waals surface area contributed by atoms with Crippen molar-refractivity contribution in [3.8, 4) is 0 Å². The molecule has 0 radical (unpaired) electrons. The van der Waals surface area contributed by atoms with Crippen molar-refractivity contribution in [2.75, 3.05) is 19.8 Å². The maximum atomic E-state index is 13.0. The Kier molecular flexibility index (Phi) is 59.0. The Morgan fingerprint density at radius 2 is 0.821 bits per heavy atom. The zero-order valence-electron chi connectivity index (χ0n) is 54.6. The van der Waals surface area contributed by atoms with E-state index in [0.29, 0.717) is 19.4 Å². The molecule has 11 heteroatoms. The topological polar surface area (TPSA) is 175 Å². The Bertz CT molecular complexity index is 1530. The maximum absolute atomic E-state index is 13.0. The van der Waals surface area contributed by atoms with E-state index >= 15 is 0 Å². The minimum Gasteiger partial charge on any atom is -0.466 e. The first kappa shape index (κ1) is 79.6. The minimum atomic E-state index is -1.57. The van der Waals surface area contributed by atoms with Gasteiger partial charge < -0.3 is 45.1 Å². The summed E-state index contributed by atoms with van der Waals surface area (Å²) < 4.78 is 16.7. The average Bonchev–Trinajstić information content (AvgIpc) is 3.42. The number of esters is 1. The number of hydrogen-bond acceptors (Lipinski definition) is 10. The third kappa shape index (κ3) is 50.6. The van der Waals surface area contributed by atoms with Crippen molar-refractivity contribution < 1.29 is 49.3 Å². The molecule has 0 bridgehead atoms. The van der Waals surface area contributed by atoms with Crippen LogP contribution in [0.4, 0.5) is 0 Å². The molecule has 84 heavy (non-hydrogen) atoms. The van der Waals surface area contributed by atoms with Gasteiger partial charge in [-0.2, -0.15) is 0 Å². The van der Waals surface area contributed by atoms with Gasteiger partial charge in [-0.1, -0.05) is 294 Å². The van der Waals surface area contributed by atoms with Crippen molar-refractivity contribution in [2.24, 2.45) is 0 Å². The molecule has 0 spiro atoms. The second-order valence-electron chi connectivity index (χ2n) is 24.9. The highest BCUT2D eigenvalue weighted by atomic mass is 16.7. The number of unbranched alkanes of at least 4 members (excludes halogenated alkanes) is 43. The lowest BCUT2D eigenvalue weighted by Crippen LogP contribution is -2.60. The molecule has 1 amide bonds. The number of ether oxygens (including phenoxy) is 3. The summed E-state index contributed by atoms with van der Waals surface area (Å²) in [6.07, 6.45) is 71.2. The van der Waals surface area contributed by atoms with Crippen LogP contribution >= 0.6 is 0 Å². The van der Waals surface area contributed by atoms with Gasteiger partial charge >= 0.3 is 5.97 Å². The molecule has 1 saturated heterocycles. The smallest absolute Gasteiger partial charge is 0.305 e. The summed E-state index contributed by atoms with van der Waals surface area (Å²) in [6.45, 7) is 4.28. The van der Waals surface area contributed by atoms with Gasteiger partial charge in [0.05, 0.1) is 32.0 Å². The highest BCUT2D eigenvalue weighted by Gasteiger charge is 2.44. The first-order valence-electron chi connectivity index (χ1n) is 35.9. The van der Waals surface area contributed by atoms with E-state index in [9.17, 15) is 35.1 Å². The van der Waals surface area contributed by atoms with Crippen LogP contribution in [0, 0.1) is 0 Å². The number of rotatable bonds is 63. The van der Waals surface area contributed by atoms with E-state index in [1.165, 1.54) is 250 Å². The van der Waals surface area contributed by atoms with Crippen LogP contribution in [-0.4, -0.2) is 100 Å². The number of allylic oxidation sites excluding steroid dienone is 7. The van der Waals surface area contributed by atoms with Crippen molar-refractivity contribution in [3.63, 3.8) is 0 Å². The Balaban J connectivity index is 1.91. The lowest BCUT2D eigenvalue weighted by molar-refractivity contribution is -0.302. The molecule has 0 saturated carbocycles. The predicted molar refractivity (Wildman–Crippen MR) is 352 cm³/mol. The first-order chi connectivity index (χ1) is 41.2. The van der Waals surface area contributed by atoms with E-state index in [2.05, 4.69) is 55.6 Å². The molecular formula is C73H135NO10. The molecule has 0 aromatic heterocycles. The SMILES string of the molecule is CCC/C=C\C/C=C\CCCCCCCC(=O)OCCCCCCCCCCCCCC/C=C\CCCCCCCCCCCCCCCCCCCC(=O)NC(COC1OC(CO)C(O)C(O)C1O)C(O)/C=C/CCCCCCCCCC. The molecule has 7 unspecified atom stereocenters. The Morgan fingerprint density at radius 3 is 1.26 bits per heavy atom. The Morgan fingerprint density at radius 1 is 0.440 bits per heavy atom. The summed E-state index contributed by atoms with van der Waals surface area (Å²) in [6, 6.07) is -0.807. The Hall–Kier alpha value is -2.38. The van der Waals surface area contributed by atoms with Gasteiger partial charge in [0.15, 0.2) is 6.29 Å². The van der Waals surface area contributed by atoms with Crippen molar-refractivity contribution in [1.29, 1.82) is 0 Å². The molecule has 1 heterocycles. The van der Waals surface area contributed by atoms with Gasteiger partial charge in [0, 0.05) is 12.8 Å². The number of aliphatic hydroxyl groups excluding tert-OH is 5. The largest absolute Gasteiger partial charge is 0.466 e. The van der Waals surface area contributed by atoms with Crippen LogP contribution in [-0.2, 0) is 23.8 Å². The van der Waals surface area contributed by atoms with Crippen LogP contribution in [0.25, 0.3) is 0 Å². The average molecular weight is 1190 g/mol. The number of hydrogen-bond donors (Lipinski definition) is 6. The molecule has 492 valence electrons. The monoisotopic (exact) mass is 1190 g/mol. The molecule has 0 aliphatic carbocycles. The van der Waals surface area contributed by atoms with Gasteiger partial charge in [0.2, 0.25) is 5.91 Å². The van der Waals surface area contributed by atoms with E-state index < -0.39 is 49.5 Å². The number of aliphatic hydroxyl groups is 5. The zero-order valence-corrected chi connectivity index (χ0v) is 54.6. The molecule has 1 aliphatic heterocycles. The molecule has 1 fully saturated rings. The van der Waals surface area contributed by atoms with Crippen LogP contribution in [0.2, 0.25) is 0 Å². The molecule has 7 atom stereocenters.